The smallest absolute Gasteiger partial charge is 0.229 e. The summed E-state index contributed by atoms with van der Waals surface area (Å²) in [5.74, 6) is -1.14. The third-order valence-corrected chi connectivity index (χ3v) is 6.28. The number of fused-ring (bicyclic) bond motifs is 1. The second-order valence-corrected chi connectivity index (χ2v) is 7.90. The summed E-state index contributed by atoms with van der Waals surface area (Å²) < 4.78 is 6.01. The number of carbonyl (C=O) groups excluding carboxylic acids is 2. The van der Waals surface area contributed by atoms with Crippen molar-refractivity contribution in [3.05, 3.63) is 41.8 Å². The van der Waals surface area contributed by atoms with E-state index in [2.05, 4.69) is 20.3 Å². The SMILES string of the molecule is CN1C[C@]23C=C[C@H](O2)[C@H](C(=O)NCc2csc(-c4cnccn4)n2)[C@@H]3C1=O. The molecule has 2 bridgehead atoms. The zero-order valence-corrected chi connectivity index (χ0v) is 15.3. The first-order chi connectivity index (χ1) is 13.1. The second kappa shape index (κ2) is 5.93. The van der Waals surface area contributed by atoms with Gasteiger partial charge < -0.3 is 15.0 Å². The number of rotatable bonds is 4. The van der Waals surface area contributed by atoms with Crippen molar-refractivity contribution in [2.24, 2.45) is 11.8 Å². The first kappa shape index (κ1) is 16.5. The molecule has 8 nitrogen and oxygen atoms in total. The van der Waals surface area contributed by atoms with Crippen LogP contribution < -0.4 is 5.32 Å². The third kappa shape index (κ3) is 2.49. The lowest BCUT2D eigenvalue weighted by Gasteiger charge is -2.23. The Morgan fingerprint density at radius 3 is 3.19 bits per heavy atom. The fourth-order valence-corrected chi connectivity index (χ4v) is 4.98. The van der Waals surface area contributed by atoms with Gasteiger partial charge in [0, 0.05) is 24.8 Å². The Hall–Kier alpha value is -2.65. The molecule has 5 heterocycles. The maximum atomic E-state index is 12.8. The number of carbonyl (C=O) groups is 2. The number of hydrogen-bond acceptors (Lipinski definition) is 7. The maximum Gasteiger partial charge on any atom is 0.229 e. The van der Waals surface area contributed by atoms with Crippen molar-refractivity contribution in [3.63, 3.8) is 0 Å². The van der Waals surface area contributed by atoms with Gasteiger partial charge in [-0.1, -0.05) is 12.2 Å². The second-order valence-electron chi connectivity index (χ2n) is 7.05. The van der Waals surface area contributed by atoms with E-state index in [1.54, 1.807) is 30.5 Å². The number of thiazole rings is 1. The molecule has 27 heavy (non-hydrogen) atoms. The highest BCUT2D eigenvalue weighted by Crippen LogP contribution is 2.51. The molecule has 2 amide bonds. The Balaban J connectivity index is 1.29. The minimum atomic E-state index is -0.641. The van der Waals surface area contributed by atoms with Crippen LogP contribution in [0.2, 0.25) is 0 Å². The van der Waals surface area contributed by atoms with E-state index in [-0.39, 0.29) is 17.9 Å². The molecule has 2 saturated heterocycles. The summed E-state index contributed by atoms with van der Waals surface area (Å²) in [5.41, 5.74) is 0.810. The van der Waals surface area contributed by atoms with Crippen LogP contribution >= 0.6 is 11.3 Å². The lowest BCUT2D eigenvalue weighted by Crippen LogP contribution is -2.43. The molecule has 0 aromatic carbocycles. The van der Waals surface area contributed by atoms with E-state index in [4.69, 9.17) is 4.74 Å². The summed E-state index contributed by atoms with van der Waals surface area (Å²) >= 11 is 1.45. The van der Waals surface area contributed by atoms with Gasteiger partial charge in [-0.15, -0.1) is 11.3 Å². The van der Waals surface area contributed by atoms with Crippen LogP contribution in [0.3, 0.4) is 0 Å². The molecular formula is C18H17N5O3S. The highest BCUT2D eigenvalue weighted by molar-refractivity contribution is 7.13. The van der Waals surface area contributed by atoms with Crippen molar-refractivity contribution >= 4 is 23.2 Å². The van der Waals surface area contributed by atoms with Gasteiger partial charge in [0.2, 0.25) is 11.8 Å². The Morgan fingerprint density at radius 2 is 2.37 bits per heavy atom. The number of nitrogens with one attached hydrogen (secondary N) is 1. The average molecular weight is 383 g/mol. The van der Waals surface area contributed by atoms with Crippen LogP contribution in [-0.2, 0) is 20.9 Å². The molecule has 0 radical (unpaired) electrons. The molecule has 3 aliphatic rings. The predicted molar refractivity (Wildman–Crippen MR) is 96.3 cm³/mol. The van der Waals surface area contributed by atoms with Crippen molar-refractivity contribution in [1.82, 2.24) is 25.2 Å². The number of amides is 2. The molecule has 1 spiro atoms. The van der Waals surface area contributed by atoms with Gasteiger partial charge in [-0.3, -0.25) is 19.6 Å². The monoisotopic (exact) mass is 383 g/mol. The average Bonchev–Trinajstić information content (AvgIpc) is 3.42. The zero-order chi connectivity index (χ0) is 18.6. The molecule has 4 atom stereocenters. The van der Waals surface area contributed by atoms with Gasteiger partial charge in [0.15, 0.2) is 0 Å². The van der Waals surface area contributed by atoms with Gasteiger partial charge in [-0.2, -0.15) is 0 Å². The van der Waals surface area contributed by atoms with Crippen molar-refractivity contribution in [1.29, 1.82) is 0 Å². The quantitative estimate of drug-likeness (QED) is 0.778. The van der Waals surface area contributed by atoms with Gasteiger partial charge in [-0.25, -0.2) is 4.98 Å². The number of likely N-dealkylation sites (tertiary alicyclic amines) is 1. The number of ether oxygens (including phenoxy) is 1. The van der Waals surface area contributed by atoms with Crippen LogP contribution in [0.25, 0.3) is 10.7 Å². The predicted octanol–water partition coefficient (Wildman–Crippen LogP) is 0.628. The summed E-state index contributed by atoms with van der Waals surface area (Å²) in [7, 11) is 1.75. The number of aromatic nitrogens is 3. The van der Waals surface area contributed by atoms with E-state index in [9.17, 15) is 9.59 Å². The van der Waals surface area contributed by atoms with E-state index in [0.29, 0.717) is 18.8 Å². The van der Waals surface area contributed by atoms with E-state index >= 15 is 0 Å². The first-order valence-electron chi connectivity index (χ1n) is 8.68. The minimum Gasteiger partial charge on any atom is -0.360 e. The minimum absolute atomic E-state index is 0.0272. The lowest BCUT2D eigenvalue weighted by molar-refractivity contribution is -0.136. The van der Waals surface area contributed by atoms with Gasteiger partial charge in [0.1, 0.15) is 16.3 Å². The summed E-state index contributed by atoms with van der Waals surface area (Å²) in [4.78, 5) is 39.8. The van der Waals surface area contributed by atoms with Crippen LogP contribution in [-0.4, -0.2) is 57.0 Å². The Labute approximate surface area is 159 Å². The van der Waals surface area contributed by atoms with Crippen LogP contribution in [0.15, 0.2) is 36.1 Å². The van der Waals surface area contributed by atoms with Crippen LogP contribution in [0, 0.1) is 11.8 Å². The molecule has 0 saturated carbocycles. The molecule has 9 heteroatoms. The number of hydrogen-bond donors (Lipinski definition) is 1. The lowest BCUT2D eigenvalue weighted by atomic mass is 9.77. The van der Waals surface area contributed by atoms with Gasteiger partial charge in [-0.05, 0) is 0 Å². The molecule has 1 N–H and O–H groups in total. The van der Waals surface area contributed by atoms with E-state index in [0.717, 1.165) is 10.7 Å². The molecule has 138 valence electrons. The van der Waals surface area contributed by atoms with E-state index < -0.39 is 17.4 Å². The molecular weight excluding hydrogens is 366 g/mol. The Kier molecular flexibility index (Phi) is 3.63. The molecule has 2 aromatic heterocycles. The van der Waals surface area contributed by atoms with Crippen LogP contribution in [0.5, 0.6) is 0 Å². The molecule has 2 aromatic rings. The zero-order valence-electron chi connectivity index (χ0n) is 14.5. The molecule has 5 rings (SSSR count). The van der Waals surface area contributed by atoms with Gasteiger partial charge >= 0.3 is 0 Å². The first-order valence-corrected chi connectivity index (χ1v) is 9.56. The third-order valence-electron chi connectivity index (χ3n) is 5.37. The molecule has 0 aliphatic carbocycles. The normalized spacial score (nSPS) is 30.8. The van der Waals surface area contributed by atoms with E-state index in [1.807, 2.05) is 17.5 Å². The number of likely N-dealkylation sites (N-methyl/N-ethyl adjacent to an activating group) is 1. The molecule has 0 unspecified atom stereocenters. The molecule has 3 aliphatic heterocycles. The standard InChI is InChI=1S/C18H17N5O3S/c1-23-9-18-3-2-12(26-18)13(14(18)17(23)25)15(24)21-6-10-8-27-16(22-10)11-7-19-4-5-20-11/h2-5,7-8,12-14H,6,9H2,1H3,(H,21,24)/t12-,13-,14+,18-/m0/s1. The maximum absolute atomic E-state index is 12.8. The van der Waals surface area contributed by atoms with Crippen LogP contribution in [0.4, 0.5) is 0 Å². The van der Waals surface area contributed by atoms with Crippen LogP contribution in [0.1, 0.15) is 5.69 Å². The number of nitrogens with zero attached hydrogens (tertiary/aromatic N) is 4. The largest absolute Gasteiger partial charge is 0.360 e. The summed E-state index contributed by atoms with van der Waals surface area (Å²) in [6.45, 7) is 0.799. The fourth-order valence-electron chi connectivity index (χ4n) is 4.20. The van der Waals surface area contributed by atoms with Crippen molar-refractivity contribution < 1.29 is 14.3 Å². The molecule has 2 fully saturated rings. The Morgan fingerprint density at radius 1 is 1.48 bits per heavy atom. The van der Waals surface area contributed by atoms with Gasteiger partial charge in [0.05, 0.1) is 42.9 Å². The fraction of sp³-hybridized carbons (Fsp3) is 0.389. The Bertz CT molecular complexity index is 945. The summed E-state index contributed by atoms with van der Waals surface area (Å²) in [5, 5.41) is 5.56. The highest BCUT2D eigenvalue weighted by Gasteiger charge is 2.66. The van der Waals surface area contributed by atoms with Gasteiger partial charge in [0.25, 0.3) is 0 Å². The van der Waals surface area contributed by atoms with Crippen molar-refractivity contribution in [3.8, 4) is 10.7 Å². The van der Waals surface area contributed by atoms with Crippen molar-refractivity contribution in [2.75, 3.05) is 13.6 Å². The van der Waals surface area contributed by atoms with E-state index in [1.165, 1.54) is 11.3 Å². The summed E-state index contributed by atoms with van der Waals surface area (Å²) in [6, 6.07) is 0. The highest BCUT2D eigenvalue weighted by atomic mass is 32.1. The summed E-state index contributed by atoms with van der Waals surface area (Å²) in [6.07, 6.45) is 8.40. The van der Waals surface area contributed by atoms with Crippen molar-refractivity contribution in [2.45, 2.75) is 18.2 Å². The topological polar surface area (TPSA) is 97.3 Å².